The summed E-state index contributed by atoms with van der Waals surface area (Å²) < 4.78 is 13.3. The number of carbonyl (C=O) groups is 1. The molecule has 0 heterocycles. The van der Waals surface area contributed by atoms with Gasteiger partial charge >= 0.3 is 0 Å². The van der Waals surface area contributed by atoms with Gasteiger partial charge in [-0.2, -0.15) is 0 Å². The first-order valence-corrected chi connectivity index (χ1v) is 7.88. The predicted octanol–water partition coefficient (Wildman–Crippen LogP) is 5.59. The van der Waals surface area contributed by atoms with Gasteiger partial charge in [0.05, 0.1) is 21.6 Å². The van der Waals surface area contributed by atoms with Crippen LogP contribution in [0.2, 0.25) is 0 Å². The molecule has 2 rings (SSSR count). The molecule has 0 N–H and O–H groups in total. The number of aldehydes is 1. The van der Waals surface area contributed by atoms with E-state index in [1.54, 1.807) is 31.4 Å². The van der Waals surface area contributed by atoms with Crippen LogP contribution in [0.25, 0.3) is 0 Å². The van der Waals surface area contributed by atoms with E-state index in [2.05, 4.69) is 47.8 Å². The molecule has 0 fully saturated rings. The van der Waals surface area contributed by atoms with Gasteiger partial charge < -0.3 is 9.47 Å². The Bertz CT molecular complexity index is 656. The summed E-state index contributed by atoms with van der Waals surface area (Å²) in [6.45, 7) is 0. The van der Waals surface area contributed by atoms with Crippen LogP contribution in [0.1, 0.15) is 10.4 Å². The third-order valence-electron chi connectivity index (χ3n) is 2.53. The minimum Gasteiger partial charge on any atom is -0.496 e. The third-order valence-corrected chi connectivity index (χ3v) is 4.26. The van der Waals surface area contributed by atoms with E-state index in [-0.39, 0.29) is 0 Å². The molecule has 0 aliphatic heterocycles. The number of ether oxygens (including phenoxy) is 2. The molecule has 0 amide bonds. The first-order valence-electron chi connectivity index (χ1n) is 5.50. The molecule has 0 radical (unpaired) electrons. The van der Waals surface area contributed by atoms with Crippen LogP contribution in [-0.2, 0) is 0 Å². The van der Waals surface area contributed by atoms with Gasteiger partial charge in [0.15, 0.2) is 6.29 Å². The average Bonchev–Trinajstić information content (AvgIpc) is 2.44. The van der Waals surface area contributed by atoms with Gasteiger partial charge in [-0.1, -0.05) is 15.9 Å². The number of methoxy groups -OCH3 is 1. The molecule has 0 spiro atoms. The highest BCUT2D eigenvalue weighted by Gasteiger charge is 2.11. The molecule has 0 unspecified atom stereocenters. The number of carbonyl (C=O) groups excluding carboxylic acids is 1. The Morgan fingerprint density at radius 1 is 0.950 bits per heavy atom. The maximum atomic E-state index is 11.1. The van der Waals surface area contributed by atoms with Gasteiger partial charge in [-0.25, -0.2) is 0 Å². The summed E-state index contributed by atoms with van der Waals surface area (Å²) in [6.07, 6.45) is 0.757. The van der Waals surface area contributed by atoms with E-state index in [1.165, 1.54) is 0 Å². The lowest BCUT2D eigenvalue weighted by atomic mass is 10.2. The van der Waals surface area contributed by atoms with Crippen LogP contribution < -0.4 is 9.47 Å². The Balaban J connectivity index is 2.40. The minimum absolute atomic E-state index is 0.471. The van der Waals surface area contributed by atoms with Crippen molar-refractivity contribution in [3.05, 3.63) is 49.3 Å². The van der Waals surface area contributed by atoms with E-state index in [0.717, 1.165) is 19.7 Å². The van der Waals surface area contributed by atoms with E-state index >= 15 is 0 Å². The zero-order valence-corrected chi connectivity index (χ0v) is 15.1. The fourth-order valence-corrected chi connectivity index (χ4v) is 2.83. The quantitative estimate of drug-likeness (QED) is 0.553. The SMILES string of the molecule is COc1cc(Br)c(Oc2ccc(Br)cc2C=O)cc1Br. The summed E-state index contributed by atoms with van der Waals surface area (Å²) in [5.41, 5.74) is 0.471. The first kappa shape index (κ1) is 15.5. The summed E-state index contributed by atoms with van der Waals surface area (Å²) in [5, 5.41) is 0. The highest BCUT2D eigenvalue weighted by Crippen LogP contribution is 2.38. The van der Waals surface area contributed by atoms with Gasteiger partial charge in [-0.15, -0.1) is 0 Å². The van der Waals surface area contributed by atoms with Crippen molar-refractivity contribution in [3.63, 3.8) is 0 Å². The monoisotopic (exact) mass is 462 g/mol. The van der Waals surface area contributed by atoms with Crippen molar-refractivity contribution < 1.29 is 14.3 Å². The average molecular weight is 465 g/mol. The van der Waals surface area contributed by atoms with E-state index in [1.807, 2.05) is 6.07 Å². The fraction of sp³-hybridized carbons (Fsp3) is 0.0714. The van der Waals surface area contributed by atoms with Crippen molar-refractivity contribution in [3.8, 4) is 17.2 Å². The van der Waals surface area contributed by atoms with Crippen LogP contribution in [0.4, 0.5) is 0 Å². The van der Waals surface area contributed by atoms with Crippen LogP contribution >= 0.6 is 47.8 Å². The van der Waals surface area contributed by atoms with Crippen molar-refractivity contribution in [2.45, 2.75) is 0 Å². The molecule has 2 aromatic carbocycles. The van der Waals surface area contributed by atoms with Crippen molar-refractivity contribution >= 4 is 54.1 Å². The molecule has 0 aliphatic rings. The summed E-state index contributed by atoms with van der Waals surface area (Å²) >= 11 is 10.1. The Hall–Kier alpha value is -0.850. The Morgan fingerprint density at radius 3 is 2.25 bits per heavy atom. The third kappa shape index (κ3) is 3.42. The second-order valence-corrected chi connectivity index (χ2v) is 6.44. The lowest BCUT2D eigenvalue weighted by molar-refractivity contribution is 0.112. The molecule has 20 heavy (non-hydrogen) atoms. The van der Waals surface area contributed by atoms with Gasteiger partial charge in [-0.05, 0) is 62.2 Å². The van der Waals surface area contributed by atoms with Gasteiger partial charge in [0.1, 0.15) is 17.2 Å². The minimum atomic E-state index is 0.471. The van der Waals surface area contributed by atoms with E-state index in [9.17, 15) is 4.79 Å². The molecular weight excluding hydrogens is 456 g/mol. The molecule has 0 bridgehead atoms. The van der Waals surface area contributed by atoms with Crippen molar-refractivity contribution in [2.24, 2.45) is 0 Å². The van der Waals surface area contributed by atoms with Gasteiger partial charge in [0.25, 0.3) is 0 Å². The summed E-state index contributed by atoms with van der Waals surface area (Å²) in [6, 6.07) is 8.82. The summed E-state index contributed by atoms with van der Waals surface area (Å²) in [7, 11) is 1.59. The topological polar surface area (TPSA) is 35.5 Å². The maximum Gasteiger partial charge on any atom is 0.153 e. The highest BCUT2D eigenvalue weighted by atomic mass is 79.9. The zero-order chi connectivity index (χ0) is 14.7. The predicted molar refractivity (Wildman–Crippen MR) is 88.0 cm³/mol. The largest absolute Gasteiger partial charge is 0.496 e. The molecule has 104 valence electrons. The van der Waals surface area contributed by atoms with Crippen LogP contribution in [0.3, 0.4) is 0 Å². The standard InChI is InChI=1S/C14H9Br3O3/c1-19-13-5-11(17)14(6-10(13)16)20-12-3-2-9(15)4-8(12)7-18/h2-7H,1H3. The van der Waals surface area contributed by atoms with E-state index in [0.29, 0.717) is 22.8 Å². The van der Waals surface area contributed by atoms with E-state index in [4.69, 9.17) is 9.47 Å². The van der Waals surface area contributed by atoms with Crippen LogP contribution in [0, 0.1) is 0 Å². The molecule has 0 aliphatic carbocycles. The Morgan fingerprint density at radius 2 is 1.60 bits per heavy atom. The maximum absolute atomic E-state index is 11.1. The van der Waals surface area contributed by atoms with E-state index < -0.39 is 0 Å². The van der Waals surface area contributed by atoms with Crippen molar-refractivity contribution in [1.82, 2.24) is 0 Å². The Kier molecular flexibility index (Phi) is 5.23. The molecule has 6 heteroatoms. The molecule has 0 saturated carbocycles. The smallest absolute Gasteiger partial charge is 0.153 e. The number of rotatable bonds is 4. The van der Waals surface area contributed by atoms with Gasteiger partial charge in [0, 0.05) is 4.47 Å². The van der Waals surface area contributed by atoms with Crippen LogP contribution in [0.15, 0.2) is 43.7 Å². The highest BCUT2D eigenvalue weighted by molar-refractivity contribution is 9.11. The number of hydrogen-bond donors (Lipinski definition) is 0. The molecule has 0 saturated heterocycles. The van der Waals surface area contributed by atoms with Crippen LogP contribution in [0.5, 0.6) is 17.2 Å². The molecule has 0 atom stereocenters. The molecule has 0 aromatic heterocycles. The lowest BCUT2D eigenvalue weighted by Crippen LogP contribution is -1.93. The first-order chi connectivity index (χ1) is 9.55. The van der Waals surface area contributed by atoms with Crippen molar-refractivity contribution in [1.29, 1.82) is 0 Å². The number of benzene rings is 2. The summed E-state index contributed by atoms with van der Waals surface area (Å²) in [5.74, 6) is 1.76. The van der Waals surface area contributed by atoms with Gasteiger partial charge in [-0.3, -0.25) is 4.79 Å². The number of halogens is 3. The summed E-state index contributed by atoms with van der Waals surface area (Å²) in [4.78, 5) is 11.1. The molecule has 2 aromatic rings. The Labute approximate surface area is 141 Å². The second kappa shape index (κ2) is 6.74. The zero-order valence-electron chi connectivity index (χ0n) is 10.3. The molecular formula is C14H9Br3O3. The fourth-order valence-electron chi connectivity index (χ4n) is 1.57. The molecule has 3 nitrogen and oxygen atoms in total. The van der Waals surface area contributed by atoms with Crippen molar-refractivity contribution in [2.75, 3.05) is 7.11 Å². The van der Waals surface area contributed by atoms with Gasteiger partial charge in [0.2, 0.25) is 0 Å². The number of hydrogen-bond acceptors (Lipinski definition) is 3. The normalized spacial score (nSPS) is 10.2. The lowest BCUT2D eigenvalue weighted by Gasteiger charge is -2.12. The van der Waals surface area contributed by atoms with Crippen LogP contribution in [-0.4, -0.2) is 13.4 Å². The second-order valence-electron chi connectivity index (χ2n) is 3.82.